The molecule has 0 heterocycles. The molecule has 0 aliphatic heterocycles. The zero-order valence-corrected chi connectivity index (χ0v) is 9.85. The summed E-state index contributed by atoms with van der Waals surface area (Å²) in [5.41, 5.74) is 6.65. The van der Waals surface area contributed by atoms with Crippen molar-refractivity contribution in [2.75, 3.05) is 5.73 Å². The van der Waals surface area contributed by atoms with E-state index in [9.17, 15) is 0 Å². The van der Waals surface area contributed by atoms with Crippen molar-refractivity contribution in [3.63, 3.8) is 0 Å². The van der Waals surface area contributed by atoms with Crippen LogP contribution < -0.4 is 16.2 Å². The van der Waals surface area contributed by atoms with Gasteiger partial charge in [-0.1, -0.05) is 37.3 Å². The van der Waals surface area contributed by atoms with Gasteiger partial charge in [0, 0.05) is 5.69 Å². The van der Waals surface area contributed by atoms with E-state index in [4.69, 9.17) is 5.73 Å². The van der Waals surface area contributed by atoms with Crippen molar-refractivity contribution in [3.05, 3.63) is 52.9 Å². The Kier molecular flexibility index (Phi) is 2.25. The molecular weight excluding hydrogens is 206 g/mol. The van der Waals surface area contributed by atoms with E-state index in [0.717, 1.165) is 5.69 Å². The lowest BCUT2D eigenvalue weighted by Crippen LogP contribution is -2.24. The zero-order valence-electron chi connectivity index (χ0n) is 9.85. The topological polar surface area (TPSA) is 26.0 Å². The predicted molar refractivity (Wildman–Crippen MR) is 74.8 cm³/mol. The minimum absolute atomic E-state index is 0.478. The van der Waals surface area contributed by atoms with E-state index >= 15 is 0 Å². The number of allylic oxidation sites excluding steroid dienone is 2. The first kappa shape index (κ1) is 10.2. The summed E-state index contributed by atoms with van der Waals surface area (Å²) in [5.74, 6) is 0.478. The number of benzene rings is 2. The third kappa shape index (κ3) is 1.84. The van der Waals surface area contributed by atoms with Crippen LogP contribution in [-0.2, 0) is 0 Å². The molecule has 0 saturated carbocycles. The van der Waals surface area contributed by atoms with Gasteiger partial charge in [-0.15, -0.1) is 0 Å². The predicted octanol–water partition coefficient (Wildman–Crippen LogP) is 2.19. The highest BCUT2D eigenvalue weighted by Crippen LogP contribution is 2.14. The van der Waals surface area contributed by atoms with Crippen LogP contribution in [0.5, 0.6) is 0 Å². The maximum absolute atomic E-state index is 5.83. The second-order valence-electron chi connectivity index (χ2n) is 4.67. The molecule has 1 unspecified atom stereocenters. The number of rotatable bonds is 0. The van der Waals surface area contributed by atoms with Gasteiger partial charge in [0.1, 0.15) is 0 Å². The average molecular weight is 221 g/mol. The Balaban J connectivity index is 2.42. The van der Waals surface area contributed by atoms with E-state index in [1.807, 2.05) is 12.1 Å². The van der Waals surface area contributed by atoms with Gasteiger partial charge in [-0.2, -0.15) is 0 Å². The number of fused-ring (bicyclic) bond motifs is 2. The highest BCUT2D eigenvalue weighted by atomic mass is 14.5. The first-order valence-electron chi connectivity index (χ1n) is 5.92. The molecule has 0 amide bonds. The third-order valence-electron chi connectivity index (χ3n) is 3.20. The molecular formula is C16H15N. The first-order chi connectivity index (χ1) is 8.22. The van der Waals surface area contributed by atoms with Gasteiger partial charge in [-0.25, -0.2) is 0 Å². The fourth-order valence-electron chi connectivity index (χ4n) is 2.31. The van der Waals surface area contributed by atoms with Gasteiger partial charge in [-0.3, -0.25) is 0 Å². The lowest BCUT2D eigenvalue weighted by molar-refractivity contribution is 0.998. The Morgan fingerprint density at radius 2 is 1.82 bits per heavy atom. The number of anilines is 1. The second-order valence-corrected chi connectivity index (χ2v) is 4.67. The molecule has 2 aromatic carbocycles. The molecule has 1 nitrogen and oxygen atoms in total. The van der Waals surface area contributed by atoms with Crippen LogP contribution in [0.3, 0.4) is 0 Å². The van der Waals surface area contributed by atoms with Gasteiger partial charge in [-0.05, 0) is 51.4 Å². The molecule has 17 heavy (non-hydrogen) atoms. The molecule has 0 spiro atoms. The molecule has 84 valence electrons. The Morgan fingerprint density at radius 1 is 1.00 bits per heavy atom. The fraction of sp³-hybridized carbons (Fsp3) is 0.125. The first-order valence-corrected chi connectivity index (χ1v) is 5.92. The van der Waals surface area contributed by atoms with Crippen LogP contribution in [0.25, 0.3) is 22.9 Å². The summed E-state index contributed by atoms with van der Waals surface area (Å²) < 4.78 is 0. The van der Waals surface area contributed by atoms with Crippen molar-refractivity contribution in [2.45, 2.75) is 6.92 Å². The number of hydrogen-bond donors (Lipinski definition) is 1. The van der Waals surface area contributed by atoms with Crippen LogP contribution >= 0.6 is 0 Å². The van der Waals surface area contributed by atoms with Gasteiger partial charge in [0.15, 0.2) is 0 Å². The summed E-state index contributed by atoms with van der Waals surface area (Å²) in [6.07, 6.45) is 8.80. The quantitative estimate of drug-likeness (QED) is 0.678. The smallest absolute Gasteiger partial charge is 0.0320 e. The summed E-state index contributed by atoms with van der Waals surface area (Å²) in [7, 11) is 0. The summed E-state index contributed by atoms with van der Waals surface area (Å²) >= 11 is 0. The lowest BCUT2D eigenvalue weighted by atomic mass is 10.0. The van der Waals surface area contributed by atoms with E-state index in [1.165, 1.54) is 21.2 Å². The highest BCUT2D eigenvalue weighted by Gasteiger charge is 1.99. The fourth-order valence-corrected chi connectivity index (χ4v) is 2.31. The minimum Gasteiger partial charge on any atom is -0.399 e. The average Bonchev–Trinajstić information content (AvgIpc) is 2.46. The summed E-state index contributed by atoms with van der Waals surface area (Å²) in [6.45, 7) is 2.20. The summed E-state index contributed by atoms with van der Waals surface area (Å²) in [6, 6.07) is 10.5. The van der Waals surface area contributed by atoms with E-state index in [0.29, 0.717) is 5.92 Å². The largest absolute Gasteiger partial charge is 0.399 e. The van der Waals surface area contributed by atoms with E-state index in [2.05, 4.69) is 49.4 Å². The Bertz CT molecular complexity index is 723. The van der Waals surface area contributed by atoms with Gasteiger partial charge in [0.2, 0.25) is 0 Å². The standard InChI is InChI=1S/C16H15N/c1-11-3-2-4-12-8-13-5-6-16(17)10-15(13)9-14(12)7-11/h2-11H,17H2,1H3. The van der Waals surface area contributed by atoms with Crippen LogP contribution in [0.4, 0.5) is 5.69 Å². The summed E-state index contributed by atoms with van der Waals surface area (Å²) in [5, 5.41) is 5.02. The van der Waals surface area contributed by atoms with Crippen molar-refractivity contribution in [1.82, 2.24) is 0 Å². The SMILES string of the molecule is CC1C=CC=c2cc3ccc(N)cc3cc2=C1. The van der Waals surface area contributed by atoms with E-state index in [-0.39, 0.29) is 0 Å². The Hall–Kier alpha value is -2.02. The van der Waals surface area contributed by atoms with E-state index < -0.39 is 0 Å². The van der Waals surface area contributed by atoms with Gasteiger partial charge in [0.25, 0.3) is 0 Å². The van der Waals surface area contributed by atoms with Crippen LogP contribution in [0.1, 0.15) is 6.92 Å². The zero-order chi connectivity index (χ0) is 11.8. The van der Waals surface area contributed by atoms with E-state index in [1.54, 1.807) is 0 Å². The normalized spacial score (nSPS) is 18.1. The maximum Gasteiger partial charge on any atom is 0.0320 e. The molecule has 1 heteroatoms. The molecule has 3 rings (SSSR count). The lowest BCUT2D eigenvalue weighted by Gasteiger charge is -2.01. The molecule has 0 saturated heterocycles. The molecule has 1 aliphatic rings. The van der Waals surface area contributed by atoms with Crippen molar-refractivity contribution in [3.8, 4) is 0 Å². The minimum atomic E-state index is 0.478. The third-order valence-corrected chi connectivity index (χ3v) is 3.20. The van der Waals surface area contributed by atoms with Crippen molar-refractivity contribution in [1.29, 1.82) is 0 Å². The molecule has 0 fully saturated rings. The second kappa shape index (κ2) is 3.77. The number of hydrogen-bond acceptors (Lipinski definition) is 1. The molecule has 0 bridgehead atoms. The molecule has 0 aromatic heterocycles. The van der Waals surface area contributed by atoms with Crippen molar-refractivity contribution >= 4 is 28.6 Å². The van der Waals surface area contributed by atoms with Crippen LogP contribution in [0, 0.1) is 5.92 Å². The molecule has 1 aliphatic carbocycles. The van der Waals surface area contributed by atoms with Crippen molar-refractivity contribution < 1.29 is 0 Å². The van der Waals surface area contributed by atoms with Crippen molar-refractivity contribution in [2.24, 2.45) is 5.92 Å². The molecule has 2 aromatic rings. The number of nitrogen functional groups attached to an aromatic ring is 1. The Morgan fingerprint density at radius 3 is 2.71 bits per heavy atom. The maximum atomic E-state index is 5.83. The van der Waals surface area contributed by atoms with Gasteiger partial charge < -0.3 is 5.73 Å². The highest BCUT2D eigenvalue weighted by molar-refractivity contribution is 5.86. The van der Waals surface area contributed by atoms with Crippen LogP contribution in [0.15, 0.2) is 42.5 Å². The molecule has 2 N–H and O–H groups in total. The number of nitrogens with two attached hydrogens (primary N) is 1. The Labute approximate surface area is 101 Å². The van der Waals surface area contributed by atoms with Gasteiger partial charge in [0.05, 0.1) is 0 Å². The van der Waals surface area contributed by atoms with Crippen LogP contribution in [0.2, 0.25) is 0 Å². The van der Waals surface area contributed by atoms with Crippen LogP contribution in [-0.4, -0.2) is 0 Å². The monoisotopic (exact) mass is 221 g/mol. The van der Waals surface area contributed by atoms with Gasteiger partial charge >= 0.3 is 0 Å². The molecule has 1 atom stereocenters. The molecule has 0 radical (unpaired) electrons. The summed E-state index contributed by atoms with van der Waals surface area (Å²) in [4.78, 5) is 0.